The lowest BCUT2D eigenvalue weighted by molar-refractivity contribution is -0.123. The molecule has 0 aliphatic carbocycles. The smallest absolute Gasteiger partial charge is 0.222 e. The molecule has 1 atom stereocenters. The van der Waals surface area contributed by atoms with Crippen molar-refractivity contribution in [3.05, 3.63) is 63.6 Å². The van der Waals surface area contributed by atoms with Crippen LogP contribution in [0.3, 0.4) is 0 Å². The third-order valence-electron chi connectivity index (χ3n) is 3.73. The van der Waals surface area contributed by atoms with Gasteiger partial charge in [-0.3, -0.25) is 4.79 Å². The van der Waals surface area contributed by atoms with Crippen LogP contribution >= 0.6 is 35.0 Å². The minimum absolute atomic E-state index is 0.0204. The highest BCUT2D eigenvalue weighted by Crippen LogP contribution is 2.41. The Morgan fingerprint density at radius 3 is 2.56 bits per heavy atom. The Bertz CT molecular complexity index is 737. The first-order valence-corrected chi connectivity index (χ1v) is 9.89. The quantitative estimate of drug-likeness (QED) is 0.501. The summed E-state index contributed by atoms with van der Waals surface area (Å²) in [7, 11) is 0. The highest BCUT2D eigenvalue weighted by atomic mass is 35.5. The van der Waals surface area contributed by atoms with Gasteiger partial charge in [-0.05, 0) is 35.4 Å². The number of halogens is 2. The van der Waals surface area contributed by atoms with Crippen molar-refractivity contribution in [3.8, 4) is 0 Å². The van der Waals surface area contributed by atoms with Crippen LogP contribution in [0.1, 0.15) is 30.2 Å². The monoisotopic (exact) mass is 396 g/mol. The number of carbonyl (C=O) groups excluding carboxylic acids is 1. The largest absolute Gasteiger partial charge is 0.398 e. The van der Waals surface area contributed by atoms with Crippen LogP contribution in [0.5, 0.6) is 0 Å². The van der Waals surface area contributed by atoms with E-state index in [9.17, 15) is 4.79 Å². The van der Waals surface area contributed by atoms with E-state index in [0.29, 0.717) is 22.3 Å². The van der Waals surface area contributed by atoms with Crippen LogP contribution in [0.4, 0.5) is 5.69 Å². The number of hydrogen-bond acceptors (Lipinski definition) is 3. The average molecular weight is 397 g/mol. The molecule has 0 heterocycles. The number of carbonyl (C=O) groups is 1. The highest BCUT2D eigenvalue weighted by molar-refractivity contribution is 7.99. The Labute approximate surface area is 163 Å². The number of nitrogens with two attached hydrogens (primary N) is 1. The Balaban J connectivity index is 2.20. The van der Waals surface area contributed by atoms with Crippen LogP contribution in [0.15, 0.2) is 42.5 Å². The molecule has 0 aromatic heterocycles. The van der Waals surface area contributed by atoms with Gasteiger partial charge in [0.15, 0.2) is 0 Å². The number of hydrogen-bond donors (Lipinski definition) is 2. The van der Waals surface area contributed by atoms with Gasteiger partial charge in [0.1, 0.15) is 0 Å². The molecular formula is C19H22Cl2N2OS. The zero-order valence-electron chi connectivity index (χ0n) is 14.3. The summed E-state index contributed by atoms with van der Waals surface area (Å²) < 4.78 is 0. The molecule has 1 amide bonds. The van der Waals surface area contributed by atoms with Gasteiger partial charge < -0.3 is 11.1 Å². The first-order chi connectivity index (χ1) is 11.9. The fraction of sp³-hybridized carbons (Fsp3) is 0.316. The predicted octanol–water partition coefficient (Wildman–Crippen LogP) is 5.17. The number of anilines is 1. The molecule has 6 heteroatoms. The molecular weight excluding hydrogens is 375 g/mol. The normalized spacial score (nSPS) is 12.2. The molecule has 25 heavy (non-hydrogen) atoms. The zero-order chi connectivity index (χ0) is 18.4. The predicted molar refractivity (Wildman–Crippen MR) is 109 cm³/mol. The lowest BCUT2D eigenvalue weighted by atomic mass is 10.0. The second-order valence-electron chi connectivity index (χ2n) is 5.99. The van der Waals surface area contributed by atoms with E-state index < -0.39 is 0 Å². The molecule has 2 aromatic rings. The van der Waals surface area contributed by atoms with Crippen molar-refractivity contribution in [2.45, 2.75) is 19.1 Å². The molecule has 0 aliphatic heterocycles. The molecule has 3 nitrogen and oxygen atoms in total. The van der Waals surface area contributed by atoms with Crippen LogP contribution in [-0.4, -0.2) is 18.2 Å². The lowest BCUT2D eigenvalue weighted by Gasteiger charge is -2.21. The molecule has 0 radical (unpaired) electrons. The average Bonchev–Trinajstić information content (AvgIpc) is 2.58. The summed E-state index contributed by atoms with van der Waals surface area (Å²) in [5, 5.41) is 4.20. The molecule has 134 valence electrons. The minimum Gasteiger partial charge on any atom is -0.398 e. The molecule has 3 N–H and O–H groups in total. The summed E-state index contributed by atoms with van der Waals surface area (Å²) in [4.78, 5) is 11.7. The third kappa shape index (κ3) is 5.56. The molecule has 0 spiro atoms. The van der Waals surface area contributed by atoms with Crippen molar-refractivity contribution in [2.75, 3.05) is 18.0 Å². The molecule has 1 unspecified atom stereocenters. The van der Waals surface area contributed by atoms with Crippen LogP contribution < -0.4 is 11.1 Å². The van der Waals surface area contributed by atoms with Gasteiger partial charge in [-0.1, -0.05) is 55.2 Å². The number of nitrogen functional groups attached to an aromatic ring is 1. The Morgan fingerprint density at radius 2 is 1.88 bits per heavy atom. The van der Waals surface area contributed by atoms with E-state index in [0.717, 1.165) is 16.9 Å². The van der Waals surface area contributed by atoms with Crippen molar-refractivity contribution < 1.29 is 4.79 Å². The zero-order valence-corrected chi connectivity index (χ0v) is 16.6. The fourth-order valence-corrected chi connectivity index (χ4v) is 4.08. The number of amides is 1. The van der Waals surface area contributed by atoms with Crippen LogP contribution in [0, 0.1) is 5.92 Å². The summed E-state index contributed by atoms with van der Waals surface area (Å²) in [5.41, 5.74) is 8.78. The van der Waals surface area contributed by atoms with E-state index in [-0.39, 0.29) is 17.1 Å². The minimum atomic E-state index is -0.0525. The van der Waals surface area contributed by atoms with E-state index in [1.165, 1.54) is 0 Å². The van der Waals surface area contributed by atoms with Crippen molar-refractivity contribution >= 4 is 46.6 Å². The van der Waals surface area contributed by atoms with Gasteiger partial charge in [-0.15, -0.1) is 11.8 Å². The fourth-order valence-electron chi connectivity index (χ4n) is 2.36. The number of nitrogens with one attached hydrogen (secondary N) is 1. The summed E-state index contributed by atoms with van der Waals surface area (Å²) in [6.45, 7) is 4.34. The van der Waals surface area contributed by atoms with Gasteiger partial charge >= 0.3 is 0 Å². The maximum Gasteiger partial charge on any atom is 0.222 e. The van der Waals surface area contributed by atoms with Gasteiger partial charge in [0.25, 0.3) is 0 Å². The number of benzene rings is 2. The van der Waals surface area contributed by atoms with Crippen LogP contribution in [-0.2, 0) is 4.79 Å². The molecule has 0 bridgehead atoms. The molecule has 2 aromatic carbocycles. The molecule has 0 saturated carbocycles. The van der Waals surface area contributed by atoms with Crippen LogP contribution in [0.25, 0.3) is 0 Å². The molecule has 0 saturated heterocycles. The second-order valence-corrected chi connectivity index (χ2v) is 8.05. The second kappa shape index (κ2) is 9.37. The number of rotatable bonds is 7. The third-order valence-corrected chi connectivity index (χ3v) is 5.59. The molecule has 0 fully saturated rings. The van der Waals surface area contributed by atoms with Crippen molar-refractivity contribution in [2.24, 2.45) is 5.92 Å². The summed E-state index contributed by atoms with van der Waals surface area (Å²) in [6.07, 6.45) is 0. The van der Waals surface area contributed by atoms with Gasteiger partial charge in [0, 0.05) is 33.9 Å². The first-order valence-electron chi connectivity index (χ1n) is 8.08. The summed E-state index contributed by atoms with van der Waals surface area (Å²) in [5.74, 6) is 0.769. The molecule has 0 aliphatic rings. The van der Waals surface area contributed by atoms with Gasteiger partial charge in [-0.2, -0.15) is 0 Å². The van der Waals surface area contributed by atoms with E-state index in [4.69, 9.17) is 28.9 Å². The van der Waals surface area contributed by atoms with Gasteiger partial charge in [0.05, 0.1) is 5.25 Å². The SMILES string of the molecule is CC(C)C(=O)NCCSC(c1cc(Cl)ccc1N)c1ccccc1Cl. The topological polar surface area (TPSA) is 55.1 Å². The maximum absolute atomic E-state index is 11.7. The van der Waals surface area contributed by atoms with E-state index in [1.54, 1.807) is 17.8 Å². The summed E-state index contributed by atoms with van der Waals surface area (Å²) >= 11 is 14.3. The standard InChI is InChI=1S/C19H22Cl2N2OS/c1-12(2)19(24)23-9-10-25-18(14-5-3-4-6-16(14)21)15-11-13(20)7-8-17(15)22/h3-8,11-12,18H,9-10,22H2,1-2H3,(H,23,24). The van der Waals surface area contributed by atoms with Crippen LogP contribution in [0.2, 0.25) is 10.0 Å². The Morgan fingerprint density at radius 1 is 1.16 bits per heavy atom. The highest BCUT2D eigenvalue weighted by Gasteiger charge is 2.20. The van der Waals surface area contributed by atoms with Crippen molar-refractivity contribution in [1.82, 2.24) is 5.32 Å². The Kier molecular flexibility index (Phi) is 7.48. The molecule has 2 rings (SSSR count). The Hall–Kier alpha value is -1.36. The first kappa shape index (κ1) is 20.0. The lowest BCUT2D eigenvalue weighted by Crippen LogP contribution is -2.29. The van der Waals surface area contributed by atoms with E-state index in [1.807, 2.05) is 50.2 Å². The van der Waals surface area contributed by atoms with E-state index in [2.05, 4.69) is 5.32 Å². The van der Waals surface area contributed by atoms with Crippen molar-refractivity contribution in [1.29, 1.82) is 0 Å². The van der Waals surface area contributed by atoms with E-state index >= 15 is 0 Å². The van der Waals surface area contributed by atoms with Gasteiger partial charge in [0.2, 0.25) is 5.91 Å². The maximum atomic E-state index is 11.7. The van der Waals surface area contributed by atoms with Crippen molar-refractivity contribution in [3.63, 3.8) is 0 Å². The van der Waals surface area contributed by atoms with Gasteiger partial charge in [-0.25, -0.2) is 0 Å². The summed E-state index contributed by atoms with van der Waals surface area (Å²) in [6, 6.07) is 13.2. The number of thioether (sulfide) groups is 1.